The summed E-state index contributed by atoms with van der Waals surface area (Å²) >= 11 is 0. The molecule has 176 valence electrons. The molecule has 9 nitrogen and oxygen atoms in total. The predicted molar refractivity (Wildman–Crippen MR) is 137 cm³/mol. The zero-order chi connectivity index (χ0) is 23.7. The molecule has 1 aromatic heterocycles. The van der Waals surface area contributed by atoms with Gasteiger partial charge >= 0.3 is 0 Å². The highest BCUT2D eigenvalue weighted by molar-refractivity contribution is 5.80. The fourth-order valence-corrected chi connectivity index (χ4v) is 3.47. The summed E-state index contributed by atoms with van der Waals surface area (Å²) in [5, 5.41) is 7.57. The SMILES string of the molecule is C(=NNc1nc(Nc2ccccc2)nc(N2CCOCC2)n1)c1cccc(Oc2ccccc2)c1. The zero-order valence-electron chi connectivity index (χ0n) is 19.0. The van der Waals surface area contributed by atoms with Crippen molar-refractivity contribution < 1.29 is 9.47 Å². The van der Waals surface area contributed by atoms with Crippen LogP contribution in [-0.2, 0) is 4.74 Å². The standard InChI is InChI=1S/C26H25N7O2/c1-3-9-21(10-4-1)28-24-29-25(31-26(30-24)33-14-16-34-17-15-33)32-27-19-20-8-7-13-23(18-20)35-22-11-5-2-6-12-22/h1-13,18-19H,14-17H2,(H2,28,29,30,31,32). The van der Waals surface area contributed by atoms with Crippen LogP contribution in [0.2, 0.25) is 0 Å². The van der Waals surface area contributed by atoms with Crippen molar-refractivity contribution in [2.45, 2.75) is 0 Å². The van der Waals surface area contributed by atoms with Gasteiger partial charge in [-0.25, -0.2) is 5.43 Å². The van der Waals surface area contributed by atoms with Crippen molar-refractivity contribution in [3.05, 3.63) is 90.5 Å². The van der Waals surface area contributed by atoms with Crippen molar-refractivity contribution in [2.24, 2.45) is 5.10 Å². The second kappa shape index (κ2) is 11.1. The van der Waals surface area contributed by atoms with Crippen LogP contribution in [0.3, 0.4) is 0 Å². The molecule has 1 aliphatic heterocycles. The van der Waals surface area contributed by atoms with E-state index < -0.39 is 0 Å². The van der Waals surface area contributed by atoms with Crippen LogP contribution in [-0.4, -0.2) is 47.5 Å². The molecule has 0 amide bonds. The van der Waals surface area contributed by atoms with Crippen molar-refractivity contribution in [1.82, 2.24) is 15.0 Å². The van der Waals surface area contributed by atoms with Gasteiger partial charge in [0.05, 0.1) is 19.4 Å². The number of nitrogens with zero attached hydrogens (tertiary/aromatic N) is 5. The van der Waals surface area contributed by atoms with E-state index in [9.17, 15) is 0 Å². The summed E-state index contributed by atoms with van der Waals surface area (Å²) in [6.45, 7) is 2.70. The molecule has 1 aliphatic rings. The maximum Gasteiger partial charge on any atom is 0.250 e. The van der Waals surface area contributed by atoms with Crippen molar-refractivity contribution in [3.63, 3.8) is 0 Å². The minimum absolute atomic E-state index is 0.341. The number of para-hydroxylation sites is 2. The third kappa shape index (κ3) is 6.30. The number of hydrogen-bond acceptors (Lipinski definition) is 9. The number of anilines is 4. The molecular weight excluding hydrogens is 442 g/mol. The second-order valence-electron chi connectivity index (χ2n) is 7.73. The molecule has 35 heavy (non-hydrogen) atoms. The maximum atomic E-state index is 5.90. The first-order valence-corrected chi connectivity index (χ1v) is 11.3. The lowest BCUT2D eigenvalue weighted by molar-refractivity contribution is 0.122. The van der Waals surface area contributed by atoms with Gasteiger partial charge in [0.25, 0.3) is 0 Å². The molecule has 0 saturated carbocycles. The van der Waals surface area contributed by atoms with Crippen LogP contribution in [0, 0.1) is 0 Å². The Kier molecular flexibility index (Phi) is 7.06. The quantitative estimate of drug-likeness (QED) is 0.285. The Morgan fingerprint density at radius 1 is 0.800 bits per heavy atom. The first kappa shape index (κ1) is 22.3. The van der Waals surface area contributed by atoms with E-state index in [1.165, 1.54) is 0 Å². The lowest BCUT2D eigenvalue weighted by Gasteiger charge is -2.27. The molecule has 3 aromatic carbocycles. The van der Waals surface area contributed by atoms with Crippen LogP contribution < -0.4 is 20.4 Å². The van der Waals surface area contributed by atoms with E-state index >= 15 is 0 Å². The minimum atomic E-state index is 0.341. The van der Waals surface area contributed by atoms with Gasteiger partial charge in [-0.15, -0.1) is 0 Å². The van der Waals surface area contributed by atoms with E-state index in [2.05, 4.69) is 35.7 Å². The number of rotatable bonds is 8. The summed E-state index contributed by atoms with van der Waals surface area (Å²) in [5.41, 5.74) is 4.69. The Morgan fingerprint density at radius 2 is 1.51 bits per heavy atom. The lowest BCUT2D eigenvalue weighted by atomic mass is 10.2. The van der Waals surface area contributed by atoms with Crippen molar-refractivity contribution in [3.8, 4) is 11.5 Å². The topological polar surface area (TPSA) is 96.8 Å². The largest absolute Gasteiger partial charge is 0.457 e. The van der Waals surface area contributed by atoms with Crippen LogP contribution in [0.1, 0.15) is 5.56 Å². The molecule has 0 radical (unpaired) electrons. The van der Waals surface area contributed by atoms with Gasteiger partial charge in [0.1, 0.15) is 11.5 Å². The van der Waals surface area contributed by atoms with Gasteiger partial charge in [-0.2, -0.15) is 20.1 Å². The van der Waals surface area contributed by atoms with Crippen molar-refractivity contribution >= 4 is 29.7 Å². The van der Waals surface area contributed by atoms with E-state index in [4.69, 9.17) is 9.47 Å². The van der Waals surface area contributed by atoms with Crippen LogP contribution in [0.4, 0.5) is 23.5 Å². The predicted octanol–water partition coefficient (Wildman–Crippen LogP) is 4.69. The highest BCUT2D eigenvalue weighted by Crippen LogP contribution is 2.22. The average molecular weight is 468 g/mol. The molecule has 0 spiro atoms. The van der Waals surface area contributed by atoms with Crippen molar-refractivity contribution in [1.29, 1.82) is 0 Å². The minimum Gasteiger partial charge on any atom is -0.457 e. The van der Waals surface area contributed by atoms with Gasteiger partial charge in [0.15, 0.2) is 0 Å². The van der Waals surface area contributed by atoms with E-state index in [-0.39, 0.29) is 0 Å². The van der Waals surface area contributed by atoms with Gasteiger partial charge in [-0.1, -0.05) is 48.5 Å². The number of ether oxygens (including phenoxy) is 2. The number of aromatic nitrogens is 3. The summed E-state index contributed by atoms with van der Waals surface area (Å²) in [6, 6.07) is 27.1. The third-order valence-corrected chi connectivity index (χ3v) is 5.16. The summed E-state index contributed by atoms with van der Waals surface area (Å²) in [5.74, 6) is 2.84. The average Bonchev–Trinajstić information content (AvgIpc) is 2.91. The van der Waals surface area contributed by atoms with E-state index in [0.29, 0.717) is 44.1 Å². The molecule has 5 rings (SSSR count). The summed E-state index contributed by atoms with van der Waals surface area (Å²) in [6.07, 6.45) is 1.69. The molecule has 1 fully saturated rings. The molecular formula is C26H25N7O2. The molecule has 0 atom stereocenters. The molecule has 2 N–H and O–H groups in total. The second-order valence-corrected chi connectivity index (χ2v) is 7.73. The van der Waals surface area contributed by atoms with Gasteiger partial charge in [0, 0.05) is 18.8 Å². The van der Waals surface area contributed by atoms with E-state index in [0.717, 1.165) is 22.7 Å². The highest BCUT2D eigenvalue weighted by atomic mass is 16.5. The fraction of sp³-hybridized carbons (Fsp3) is 0.154. The highest BCUT2D eigenvalue weighted by Gasteiger charge is 2.16. The first-order valence-electron chi connectivity index (χ1n) is 11.3. The molecule has 2 heterocycles. The van der Waals surface area contributed by atoms with E-state index in [1.807, 2.05) is 84.9 Å². The number of benzene rings is 3. The molecule has 0 bridgehead atoms. The van der Waals surface area contributed by atoms with Gasteiger partial charge in [-0.05, 0) is 42.0 Å². The molecule has 1 saturated heterocycles. The monoisotopic (exact) mass is 467 g/mol. The first-order chi connectivity index (χ1) is 17.3. The van der Waals surface area contributed by atoms with Crippen LogP contribution in [0.5, 0.6) is 11.5 Å². The zero-order valence-corrected chi connectivity index (χ0v) is 19.0. The fourth-order valence-electron chi connectivity index (χ4n) is 3.47. The van der Waals surface area contributed by atoms with Crippen LogP contribution >= 0.6 is 0 Å². The molecule has 9 heteroatoms. The Labute approximate surface area is 203 Å². The Morgan fingerprint density at radius 3 is 2.31 bits per heavy atom. The van der Waals surface area contributed by atoms with Gasteiger partial charge < -0.3 is 19.7 Å². The Hall–Kier alpha value is -4.50. The normalized spacial score (nSPS) is 13.5. The van der Waals surface area contributed by atoms with Crippen LogP contribution in [0.15, 0.2) is 90.0 Å². The maximum absolute atomic E-state index is 5.90. The Bertz CT molecular complexity index is 1260. The molecule has 0 unspecified atom stereocenters. The number of morpholine rings is 1. The number of hydrogen-bond donors (Lipinski definition) is 2. The smallest absolute Gasteiger partial charge is 0.250 e. The Balaban J connectivity index is 1.32. The summed E-state index contributed by atoms with van der Waals surface area (Å²) in [4.78, 5) is 15.7. The van der Waals surface area contributed by atoms with Gasteiger partial charge in [0.2, 0.25) is 17.8 Å². The number of nitrogens with one attached hydrogen (secondary N) is 2. The van der Waals surface area contributed by atoms with Gasteiger partial charge in [-0.3, -0.25) is 0 Å². The number of hydrazone groups is 1. The van der Waals surface area contributed by atoms with Crippen LogP contribution in [0.25, 0.3) is 0 Å². The molecule has 4 aromatic rings. The van der Waals surface area contributed by atoms with Crippen molar-refractivity contribution in [2.75, 3.05) is 41.9 Å². The van der Waals surface area contributed by atoms with E-state index in [1.54, 1.807) is 6.21 Å². The third-order valence-electron chi connectivity index (χ3n) is 5.16. The summed E-state index contributed by atoms with van der Waals surface area (Å²) < 4.78 is 11.4. The summed E-state index contributed by atoms with van der Waals surface area (Å²) in [7, 11) is 0. The lowest BCUT2D eigenvalue weighted by Crippen LogP contribution is -2.37. The molecule has 0 aliphatic carbocycles.